The summed E-state index contributed by atoms with van der Waals surface area (Å²) in [5.41, 5.74) is -0.260. The van der Waals surface area contributed by atoms with Crippen LogP contribution in [0.4, 0.5) is 5.69 Å². The van der Waals surface area contributed by atoms with E-state index in [1.165, 1.54) is 30.3 Å². The molecular formula is C21H29NO8. The number of hydrogen-bond acceptors (Lipinski definition) is 8. The molecule has 1 aliphatic rings. The molecule has 0 saturated carbocycles. The lowest BCUT2D eigenvalue weighted by atomic mass is 9.92. The number of hydrogen-bond donors (Lipinski definition) is 2. The summed E-state index contributed by atoms with van der Waals surface area (Å²) in [5.74, 6) is -0.452. The molecule has 0 aliphatic carbocycles. The van der Waals surface area contributed by atoms with Gasteiger partial charge in [-0.2, -0.15) is 0 Å². The fraction of sp³-hybridized carbons (Fsp3) is 0.571. The quantitative estimate of drug-likeness (QED) is 0.296. The molecule has 0 radical (unpaired) electrons. The Morgan fingerprint density at radius 3 is 2.37 bits per heavy atom. The summed E-state index contributed by atoms with van der Waals surface area (Å²) in [5, 5.41) is 32.4. The maximum atomic E-state index is 12.1. The minimum Gasteiger partial charge on any atom is -0.462 e. The molecule has 1 aliphatic heterocycles. The number of rotatable bonds is 7. The standard InChI is InChI=1S/C21H29NO8/c1-12(2)29-17-10-15(18(23)13-6-8-14(9-7-13)22(26)27)19(24)16(30-17)11-28-20(25)21(3,4)5/h6-10,12,16-19,23-24H,11H2,1-5H3/t16-,17+,18-,19-/m1/s1. The monoisotopic (exact) mass is 423 g/mol. The summed E-state index contributed by atoms with van der Waals surface area (Å²) >= 11 is 0. The number of non-ortho nitro benzene ring substituents is 1. The fourth-order valence-corrected chi connectivity index (χ4v) is 2.82. The highest BCUT2D eigenvalue weighted by Gasteiger charge is 2.37. The maximum Gasteiger partial charge on any atom is 0.311 e. The number of carbonyl (C=O) groups is 1. The van der Waals surface area contributed by atoms with E-state index in [-0.39, 0.29) is 24.0 Å². The van der Waals surface area contributed by atoms with Crippen LogP contribution in [0, 0.1) is 15.5 Å². The number of esters is 1. The maximum absolute atomic E-state index is 12.1. The molecule has 9 nitrogen and oxygen atoms in total. The first kappa shape index (κ1) is 23.9. The molecule has 166 valence electrons. The molecule has 0 amide bonds. The first-order chi connectivity index (χ1) is 13.9. The van der Waals surface area contributed by atoms with Crippen LogP contribution in [0.5, 0.6) is 0 Å². The van der Waals surface area contributed by atoms with Crippen molar-refractivity contribution in [2.45, 2.75) is 65.3 Å². The van der Waals surface area contributed by atoms with Gasteiger partial charge in [-0.25, -0.2) is 0 Å². The summed E-state index contributed by atoms with van der Waals surface area (Å²) in [6, 6.07) is 5.38. The van der Waals surface area contributed by atoms with Gasteiger partial charge in [-0.15, -0.1) is 0 Å². The number of carbonyl (C=O) groups excluding carboxylic acids is 1. The third-order valence-corrected chi connectivity index (χ3v) is 4.46. The van der Waals surface area contributed by atoms with Crippen LogP contribution in [0.3, 0.4) is 0 Å². The van der Waals surface area contributed by atoms with Gasteiger partial charge in [0, 0.05) is 12.1 Å². The summed E-state index contributed by atoms with van der Waals surface area (Å²) in [4.78, 5) is 22.4. The third-order valence-electron chi connectivity index (χ3n) is 4.46. The largest absolute Gasteiger partial charge is 0.462 e. The summed E-state index contributed by atoms with van der Waals surface area (Å²) in [6.07, 6.45) is -3.06. The van der Waals surface area contributed by atoms with Gasteiger partial charge in [0.2, 0.25) is 0 Å². The van der Waals surface area contributed by atoms with E-state index in [2.05, 4.69) is 0 Å². The van der Waals surface area contributed by atoms with E-state index >= 15 is 0 Å². The zero-order valence-corrected chi connectivity index (χ0v) is 17.8. The van der Waals surface area contributed by atoms with Crippen molar-refractivity contribution in [3.63, 3.8) is 0 Å². The lowest BCUT2D eigenvalue weighted by molar-refractivity contribution is -0.384. The molecule has 2 N–H and O–H groups in total. The molecule has 1 aromatic rings. The molecule has 0 fully saturated rings. The van der Waals surface area contributed by atoms with Crippen LogP contribution in [0.25, 0.3) is 0 Å². The van der Waals surface area contributed by atoms with Crippen LogP contribution in [-0.2, 0) is 19.0 Å². The van der Waals surface area contributed by atoms with Crippen LogP contribution in [0.1, 0.15) is 46.3 Å². The van der Waals surface area contributed by atoms with Crippen molar-refractivity contribution in [3.8, 4) is 0 Å². The minimum absolute atomic E-state index is 0.111. The normalized spacial score (nSPS) is 23.1. The average Bonchev–Trinajstić information content (AvgIpc) is 2.66. The predicted octanol–water partition coefficient (Wildman–Crippen LogP) is 2.65. The number of ether oxygens (including phenoxy) is 3. The Labute approximate surface area is 175 Å². The minimum atomic E-state index is -1.27. The van der Waals surface area contributed by atoms with Crippen molar-refractivity contribution in [1.82, 2.24) is 0 Å². The molecule has 1 aromatic carbocycles. The van der Waals surface area contributed by atoms with Gasteiger partial charge in [0.25, 0.3) is 5.69 Å². The molecule has 9 heteroatoms. The van der Waals surface area contributed by atoms with Crippen LogP contribution in [0.2, 0.25) is 0 Å². The molecule has 0 unspecified atom stereocenters. The van der Waals surface area contributed by atoms with Gasteiger partial charge in [0.15, 0.2) is 6.29 Å². The van der Waals surface area contributed by atoms with Crippen molar-refractivity contribution in [2.24, 2.45) is 5.41 Å². The van der Waals surface area contributed by atoms with E-state index in [4.69, 9.17) is 14.2 Å². The van der Waals surface area contributed by atoms with Crippen LogP contribution >= 0.6 is 0 Å². The van der Waals surface area contributed by atoms with Crippen molar-refractivity contribution in [3.05, 3.63) is 51.6 Å². The van der Waals surface area contributed by atoms with E-state index in [0.717, 1.165) is 0 Å². The number of aliphatic hydroxyl groups is 2. The van der Waals surface area contributed by atoms with Crippen molar-refractivity contribution in [1.29, 1.82) is 0 Å². The van der Waals surface area contributed by atoms with Gasteiger partial charge in [-0.1, -0.05) is 0 Å². The summed E-state index contributed by atoms with van der Waals surface area (Å²) in [6.45, 7) is 8.53. The number of benzene rings is 1. The Hall–Kier alpha value is -2.33. The number of nitro benzene ring substituents is 1. The van der Waals surface area contributed by atoms with Crippen LogP contribution in [-0.4, -0.2) is 52.3 Å². The van der Waals surface area contributed by atoms with E-state index in [1.807, 2.05) is 13.8 Å². The smallest absolute Gasteiger partial charge is 0.311 e. The second kappa shape index (κ2) is 9.65. The molecule has 30 heavy (non-hydrogen) atoms. The van der Waals surface area contributed by atoms with Gasteiger partial charge in [-0.05, 0) is 64.0 Å². The molecular weight excluding hydrogens is 394 g/mol. The molecule has 1 heterocycles. The Balaban J connectivity index is 2.24. The Morgan fingerprint density at radius 2 is 1.87 bits per heavy atom. The molecule has 0 bridgehead atoms. The molecule has 0 aromatic heterocycles. The van der Waals surface area contributed by atoms with Crippen molar-refractivity contribution < 1.29 is 34.1 Å². The molecule has 4 atom stereocenters. The van der Waals surface area contributed by atoms with Crippen molar-refractivity contribution in [2.75, 3.05) is 6.61 Å². The van der Waals surface area contributed by atoms with E-state index in [9.17, 15) is 25.1 Å². The topological polar surface area (TPSA) is 128 Å². The number of nitrogens with zero attached hydrogens (tertiary/aromatic N) is 1. The lowest BCUT2D eigenvalue weighted by Gasteiger charge is -2.36. The first-order valence-corrected chi connectivity index (χ1v) is 9.70. The zero-order valence-electron chi connectivity index (χ0n) is 17.8. The Morgan fingerprint density at radius 1 is 1.27 bits per heavy atom. The number of nitro groups is 1. The highest BCUT2D eigenvalue weighted by molar-refractivity contribution is 5.75. The third kappa shape index (κ3) is 6.09. The highest BCUT2D eigenvalue weighted by Crippen LogP contribution is 2.32. The van der Waals surface area contributed by atoms with Crippen LogP contribution in [0.15, 0.2) is 35.9 Å². The lowest BCUT2D eigenvalue weighted by Crippen LogP contribution is -2.45. The molecule has 0 spiro atoms. The fourth-order valence-electron chi connectivity index (χ4n) is 2.82. The summed E-state index contributed by atoms with van der Waals surface area (Å²) in [7, 11) is 0. The first-order valence-electron chi connectivity index (χ1n) is 9.70. The van der Waals surface area contributed by atoms with E-state index < -0.39 is 40.9 Å². The van der Waals surface area contributed by atoms with Gasteiger partial charge in [-0.3, -0.25) is 14.9 Å². The predicted molar refractivity (Wildman–Crippen MR) is 107 cm³/mol. The van der Waals surface area contributed by atoms with Gasteiger partial charge < -0.3 is 24.4 Å². The zero-order chi connectivity index (χ0) is 22.6. The number of aliphatic hydroxyl groups excluding tert-OH is 2. The second-order valence-electron chi connectivity index (χ2n) is 8.44. The van der Waals surface area contributed by atoms with E-state index in [1.54, 1.807) is 20.8 Å². The average molecular weight is 423 g/mol. The van der Waals surface area contributed by atoms with Gasteiger partial charge >= 0.3 is 5.97 Å². The second-order valence-corrected chi connectivity index (χ2v) is 8.44. The Kier molecular flexibility index (Phi) is 7.70. The van der Waals surface area contributed by atoms with Crippen molar-refractivity contribution >= 4 is 11.7 Å². The molecule has 0 saturated heterocycles. The van der Waals surface area contributed by atoms with E-state index in [0.29, 0.717) is 5.56 Å². The highest BCUT2D eigenvalue weighted by atomic mass is 16.7. The SMILES string of the molecule is CC(C)O[C@@H]1C=C([C@H](O)c2ccc([N+](=O)[O-])cc2)[C@@H](O)[C@@H](COC(=O)C(C)(C)C)O1. The van der Waals surface area contributed by atoms with Gasteiger partial charge in [0.1, 0.15) is 24.9 Å². The van der Waals surface area contributed by atoms with Gasteiger partial charge in [0.05, 0.1) is 16.4 Å². The summed E-state index contributed by atoms with van der Waals surface area (Å²) < 4.78 is 16.7. The molecule has 2 rings (SSSR count). The van der Waals surface area contributed by atoms with Crippen LogP contribution < -0.4 is 0 Å². The Bertz CT molecular complexity index is 781.